The normalized spacial score (nSPS) is 21.1. The van der Waals surface area contributed by atoms with E-state index in [9.17, 15) is 0 Å². The van der Waals surface area contributed by atoms with Gasteiger partial charge in [-0.3, -0.25) is 0 Å². The zero-order valence-corrected chi connectivity index (χ0v) is 10.7. The van der Waals surface area contributed by atoms with Crippen molar-refractivity contribution in [2.24, 2.45) is 5.73 Å². The molecule has 0 fully saturated rings. The van der Waals surface area contributed by atoms with Crippen LogP contribution in [0, 0.1) is 0 Å². The van der Waals surface area contributed by atoms with Crippen LogP contribution in [-0.4, -0.2) is 11.5 Å². The second-order valence-electron chi connectivity index (χ2n) is 5.20. The fourth-order valence-corrected chi connectivity index (χ4v) is 3.54. The Kier molecular flexibility index (Phi) is 2.86. The first-order chi connectivity index (χ1) is 7.04. The maximum absolute atomic E-state index is 5.70. The summed E-state index contributed by atoms with van der Waals surface area (Å²) in [4.78, 5) is 6.31. The minimum atomic E-state index is 0.274. The minimum Gasteiger partial charge on any atom is -0.330 e. The molecule has 1 aromatic rings. The van der Waals surface area contributed by atoms with Crippen molar-refractivity contribution in [2.45, 2.75) is 51.4 Å². The summed E-state index contributed by atoms with van der Waals surface area (Å²) in [5, 5.41) is 1.23. The van der Waals surface area contributed by atoms with Crippen LogP contribution in [-0.2, 0) is 11.8 Å². The summed E-state index contributed by atoms with van der Waals surface area (Å²) in [7, 11) is 0. The highest BCUT2D eigenvalue weighted by molar-refractivity contribution is 7.11. The molecule has 1 heterocycles. The van der Waals surface area contributed by atoms with Gasteiger partial charge in [-0.1, -0.05) is 20.8 Å². The van der Waals surface area contributed by atoms with Crippen LogP contribution in [0.2, 0.25) is 0 Å². The van der Waals surface area contributed by atoms with Gasteiger partial charge >= 0.3 is 0 Å². The predicted octanol–water partition coefficient (Wildman–Crippen LogP) is 2.82. The Labute approximate surface area is 95.9 Å². The van der Waals surface area contributed by atoms with Crippen molar-refractivity contribution in [1.82, 2.24) is 4.98 Å². The van der Waals surface area contributed by atoms with E-state index in [0.29, 0.717) is 12.5 Å². The molecule has 1 aliphatic rings. The van der Waals surface area contributed by atoms with Crippen LogP contribution in [0.3, 0.4) is 0 Å². The van der Waals surface area contributed by atoms with Crippen molar-refractivity contribution in [2.75, 3.05) is 6.54 Å². The Balaban J connectivity index is 2.38. The number of rotatable bonds is 2. The van der Waals surface area contributed by atoms with E-state index in [2.05, 4.69) is 20.8 Å². The number of thiazole rings is 1. The average Bonchev–Trinajstić information content (AvgIpc) is 2.61. The third-order valence-electron chi connectivity index (χ3n) is 3.34. The van der Waals surface area contributed by atoms with Crippen LogP contribution < -0.4 is 5.73 Å². The lowest BCUT2D eigenvalue weighted by Crippen LogP contribution is -2.23. The molecule has 2 rings (SSSR count). The molecule has 0 radical (unpaired) electrons. The van der Waals surface area contributed by atoms with E-state index in [1.807, 2.05) is 11.3 Å². The smallest absolute Gasteiger partial charge is 0.0972 e. The van der Waals surface area contributed by atoms with Gasteiger partial charge in [0.1, 0.15) is 0 Å². The monoisotopic (exact) mass is 224 g/mol. The van der Waals surface area contributed by atoms with Gasteiger partial charge in [0.2, 0.25) is 0 Å². The summed E-state index contributed by atoms with van der Waals surface area (Å²) in [6.45, 7) is 7.48. The largest absolute Gasteiger partial charge is 0.330 e. The molecule has 0 saturated heterocycles. The number of aryl methyl sites for hydroxylation is 1. The van der Waals surface area contributed by atoms with Gasteiger partial charge < -0.3 is 5.73 Å². The van der Waals surface area contributed by atoms with Gasteiger partial charge in [-0.05, 0) is 19.3 Å². The first-order valence-electron chi connectivity index (χ1n) is 5.75. The van der Waals surface area contributed by atoms with E-state index in [4.69, 9.17) is 10.7 Å². The Morgan fingerprint density at radius 3 is 2.87 bits per heavy atom. The van der Waals surface area contributed by atoms with Gasteiger partial charge in [-0.2, -0.15) is 0 Å². The van der Waals surface area contributed by atoms with Gasteiger partial charge in [-0.15, -0.1) is 11.3 Å². The molecule has 0 aromatic carbocycles. The van der Waals surface area contributed by atoms with E-state index >= 15 is 0 Å². The van der Waals surface area contributed by atoms with Gasteiger partial charge in [0.15, 0.2) is 0 Å². The SMILES string of the molecule is CC(CN)c1nc2c(s1)CCCC2(C)C. The molecular formula is C12H20N2S. The van der Waals surface area contributed by atoms with Crippen LogP contribution in [0.15, 0.2) is 0 Å². The van der Waals surface area contributed by atoms with E-state index < -0.39 is 0 Å². The van der Waals surface area contributed by atoms with Crippen molar-refractivity contribution < 1.29 is 0 Å². The van der Waals surface area contributed by atoms with Gasteiger partial charge in [-0.25, -0.2) is 4.98 Å². The van der Waals surface area contributed by atoms with E-state index in [1.165, 1.54) is 34.8 Å². The first-order valence-corrected chi connectivity index (χ1v) is 6.56. The molecule has 84 valence electrons. The summed E-state index contributed by atoms with van der Waals surface area (Å²) < 4.78 is 0. The Morgan fingerprint density at radius 2 is 2.27 bits per heavy atom. The molecular weight excluding hydrogens is 204 g/mol. The second kappa shape index (κ2) is 3.87. The maximum Gasteiger partial charge on any atom is 0.0972 e. The molecule has 3 heteroatoms. The van der Waals surface area contributed by atoms with Crippen molar-refractivity contribution in [3.63, 3.8) is 0 Å². The highest BCUT2D eigenvalue weighted by atomic mass is 32.1. The van der Waals surface area contributed by atoms with Crippen LogP contribution in [0.5, 0.6) is 0 Å². The molecule has 2 N–H and O–H groups in total. The number of aromatic nitrogens is 1. The number of fused-ring (bicyclic) bond motifs is 1. The summed E-state index contributed by atoms with van der Waals surface area (Å²) in [5.41, 5.74) is 7.31. The number of nitrogens with zero attached hydrogens (tertiary/aromatic N) is 1. The van der Waals surface area contributed by atoms with Crippen molar-refractivity contribution in [1.29, 1.82) is 0 Å². The summed E-state index contributed by atoms with van der Waals surface area (Å²) in [6.07, 6.45) is 3.78. The zero-order valence-electron chi connectivity index (χ0n) is 9.84. The standard InChI is InChI=1S/C12H20N2S/c1-8(7-13)11-14-10-9(15-11)5-4-6-12(10,2)3/h8H,4-7,13H2,1-3H3. The van der Waals surface area contributed by atoms with Crippen molar-refractivity contribution >= 4 is 11.3 Å². The highest BCUT2D eigenvalue weighted by Gasteiger charge is 2.31. The molecule has 0 spiro atoms. The fraction of sp³-hybridized carbons (Fsp3) is 0.750. The van der Waals surface area contributed by atoms with Gasteiger partial charge in [0.25, 0.3) is 0 Å². The van der Waals surface area contributed by atoms with Gasteiger partial charge in [0, 0.05) is 22.8 Å². The highest BCUT2D eigenvalue weighted by Crippen LogP contribution is 2.40. The van der Waals surface area contributed by atoms with Crippen LogP contribution in [0.1, 0.15) is 55.1 Å². The van der Waals surface area contributed by atoms with E-state index in [0.717, 1.165) is 0 Å². The topological polar surface area (TPSA) is 38.9 Å². The zero-order chi connectivity index (χ0) is 11.1. The second-order valence-corrected chi connectivity index (χ2v) is 6.31. The molecule has 2 nitrogen and oxygen atoms in total. The average molecular weight is 224 g/mol. The minimum absolute atomic E-state index is 0.274. The molecule has 0 aliphatic heterocycles. The molecule has 0 bridgehead atoms. The molecule has 1 atom stereocenters. The Morgan fingerprint density at radius 1 is 1.53 bits per heavy atom. The fourth-order valence-electron chi connectivity index (χ4n) is 2.19. The lowest BCUT2D eigenvalue weighted by atomic mass is 9.79. The molecule has 1 unspecified atom stereocenters. The molecule has 15 heavy (non-hydrogen) atoms. The predicted molar refractivity (Wildman–Crippen MR) is 65.5 cm³/mol. The number of hydrogen-bond donors (Lipinski definition) is 1. The maximum atomic E-state index is 5.70. The molecule has 1 aromatic heterocycles. The molecule has 1 aliphatic carbocycles. The van der Waals surface area contributed by atoms with E-state index in [1.54, 1.807) is 0 Å². The third-order valence-corrected chi connectivity index (χ3v) is 4.68. The van der Waals surface area contributed by atoms with Crippen molar-refractivity contribution in [3.8, 4) is 0 Å². The molecule has 0 amide bonds. The first kappa shape index (κ1) is 11.1. The number of hydrogen-bond acceptors (Lipinski definition) is 3. The van der Waals surface area contributed by atoms with Crippen LogP contribution in [0.4, 0.5) is 0 Å². The van der Waals surface area contributed by atoms with E-state index in [-0.39, 0.29) is 5.41 Å². The molecule has 0 saturated carbocycles. The van der Waals surface area contributed by atoms with Crippen LogP contribution >= 0.6 is 11.3 Å². The quantitative estimate of drug-likeness (QED) is 0.839. The Hall–Kier alpha value is -0.410. The van der Waals surface area contributed by atoms with Crippen molar-refractivity contribution in [3.05, 3.63) is 15.6 Å². The summed E-state index contributed by atoms with van der Waals surface area (Å²) >= 11 is 1.88. The lowest BCUT2D eigenvalue weighted by molar-refractivity contribution is 0.423. The number of nitrogens with two attached hydrogens (primary N) is 1. The summed E-state index contributed by atoms with van der Waals surface area (Å²) in [6, 6.07) is 0. The van der Waals surface area contributed by atoms with Crippen LogP contribution in [0.25, 0.3) is 0 Å². The third kappa shape index (κ3) is 1.95. The van der Waals surface area contributed by atoms with Gasteiger partial charge in [0.05, 0.1) is 10.7 Å². The lowest BCUT2D eigenvalue weighted by Gasteiger charge is -2.28. The Bertz CT molecular complexity index is 355. The summed E-state index contributed by atoms with van der Waals surface area (Å²) in [5.74, 6) is 0.413.